The van der Waals surface area contributed by atoms with Gasteiger partial charge in [0.25, 0.3) is 5.91 Å². The van der Waals surface area contributed by atoms with Crippen LogP contribution >= 0.6 is 11.6 Å². The van der Waals surface area contributed by atoms with Gasteiger partial charge >= 0.3 is 0 Å². The molecule has 0 radical (unpaired) electrons. The lowest BCUT2D eigenvalue weighted by atomic mass is 9.95. The Morgan fingerprint density at radius 2 is 1.79 bits per heavy atom. The number of likely N-dealkylation sites (tertiary alicyclic amines) is 1. The van der Waals surface area contributed by atoms with E-state index in [1.807, 2.05) is 13.0 Å². The van der Waals surface area contributed by atoms with Crippen molar-refractivity contribution in [1.29, 1.82) is 0 Å². The fourth-order valence-corrected chi connectivity index (χ4v) is 3.49. The molecule has 1 saturated heterocycles. The number of ether oxygens (including phenoxy) is 2. The standard InChI is InChI=1S/C22H25ClN2O4/c1-2-28-20-8-3-16(22(27)25-11-9-15(10-12-25)21(24)26)13-17(20)14-29-19-6-4-18(23)5-7-19/h3-8,13,15H,2,9-12,14H2,1H3,(H2,24,26). The third-order valence-corrected chi connectivity index (χ3v) is 5.25. The van der Waals surface area contributed by atoms with Gasteiger partial charge in [-0.15, -0.1) is 0 Å². The van der Waals surface area contributed by atoms with Gasteiger partial charge in [-0.25, -0.2) is 0 Å². The number of halogens is 1. The molecular formula is C22H25ClN2O4. The molecule has 1 fully saturated rings. The third kappa shape index (κ3) is 5.41. The number of primary amides is 1. The van der Waals surface area contributed by atoms with Crippen molar-refractivity contribution >= 4 is 23.4 Å². The van der Waals surface area contributed by atoms with Crippen molar-refractivity contribution in [2.75, 3.05) is 19.7 Å². The third-order valence-electron chi connectivity index (χ3n) is 5.00. The first-order valence-corrected chi connectivity index (χ1v) is 10.1. The highest BCUT2D eigenvalue weighted by Crippen LogP contribution is 2.25. The highest BCUT2D eigenvalue weighted by molar-refractivity contribution is 6.30. The molecule has 0 aromatic heterocycles. The summed E-state index contributed by atoms with van der Waals surface area (Å²) < 4.78 is 11.5. The first-order valence-electron chi connectivity index (χ1n) is 9.70. The molecule has 0 bridgehead atoms. The molecule has 2 amide bonds. The van der Waals surface area contributed by atoms with Gasteiger partial charge in [0.1, 0.15) is 18.1 Å². The number of hydrogen-bond donors (Lipinski definition) is 1. The summed E-state index contributed by atoms with van der Waals surface area (Å²) >= 11 is 5.91. The van der Waals surface area contributed by atoms with E-state index in [2.05, 4.69) is 0 Å². The summed E-state index contributed by atoms with van der Waals surface area (Å²) in [6.45, 7) is 3.74. The van der Waals surface area contributed by atoms with Gasteiger partial charge in [0.05, 0.1) is 6.61 Å². The zero-order valence-corrected chi connectivity index (χ0v) is 17.2. The van der Waals surface area contributed by atoms with Gasteiger partial charge in [0, 0.05) is 35.2 Å². The van der Waals surface area contributed by atoms with Crippen LogP contribution in [0.4, 0.5) is 0 Å². The van der Waals surface area contributed by atoms with Crippen LogP contribution in [0.25, 0.3) is 0 Å². The number of hydrogen-bond acceptors (Lipinski definition) is 4. The van der Waals surface area contributed by atoms with Crippen LogP contribution in [-0.4, -0.2) is 36.4 Å². The predicted molar refractivity (Wildman–Crippen MR) is 111 cm³/mol. The quantitative estimate of drug-likeness (QED) is 0.746. The van der Waals surface area contributed by atoms with Crippen molar-refractivity contribution in [3.63, 3.8) is 0 Å². The maximum atomic E-state index is 12.9. The Balaban J connectivity index is 1.72. The molecule has 6 nitrogen and oxygen atoms in total. The molecule has 0 saturated carbocycles. The van der Waals surface area contributed by atoms with Gasteiger partial charge in [0.2, 0.25) is 5.91 Å². The molecule has 29 heavy (non-hydrogen) atoms. The molecule has 2 aromatic rings. The Labute approximate surface area is 175 Å². The summed E-state index contributed by atoms with van der Waals surface area (Å²) in [7, 11) is 0. The highest BCUT2D eigenvalue weighted by Gasteiger charge is 2.26. The van der Waals surface area contributed by atoms with Crippen molar-refractivity contribution in [2.24, 2.45) is 11.7 Å². The Bertz CT molecular complexity index is 862. The van der Waals surface area contributed by atoms with Gasteiger partial charge in [-0.1, -0.05) is 11.6 Å². The molecule has 1 heterocycles. The minimum Gasteiger partial charge on any atom is -0.493 e. The summed E-state index contributed by atoms with van der Waals surface area (Å²) in [4.78, 5) is 26.0. The SMILES string of the molecule is CCOc1ccc(C(=O)N2CCC(C(N)=O)CC2)cc1COc1ccc(Cl)cc1. The lowest BCUT2D eigenvalue weighted by molar-refractivity contribution is -0.123. The molecule has 0 spiro atoms. The Morgan fingerprint density at radius 1 is 1.10 bits per heavy atom. The van der Waals surface area contributed by atoms with Gasteiger partial charge in [-0.2, -0.15) is 0 Å². The molecule has 0 unspecified atom stereocenters. The predicted octanol–water partition coefficient (Wildman–Crippen LogP) is 3.66. The smallest absolute Gasteiger partial charge is 0.253 e. The van der Waals surface area contributed by atoms with Crippen molar-refractivity contribution in [3.05, 3.63) is 58.6 Å². The summed E-state index contributed by atoms with van der Waals surface area (Å²) in [5.74, 6) is 0.860. The second-order valence-corrected chi connectivity index (χ2v) is 7.40. The Hall–Kier alpha value is -2.73. The lowest BCUT2D eigenvalue weighted by Crippen LogP contribution is -2.41. The first kappa shape index (κ1) is 21.0. The van der Waals surface area contributed by atoms with E-state index in [9.17, 15) is 9.59 Å². The van der Waals surface area contributed by atoms with Crippen molar-refractivity contribution in [2.45, 2.75) is 26.4 Å². The van der Waals surface area contributed by atoms with Crippen LogP contribution in [0, 0.1) is 5.92 Å². The molecule has 2 aromatic carbocycles. The van der Waals surface area contributed by atoms with E-state index in [4.69, 9.17) is 26.8 Å². The van der Waals surface area contributed by atoms with Crippen LogP contribution in [0.1, 0.15) is 35.7 Å². The minimum absolute atomic E-state index is 0.0660. The number of piperidine rings is 1. The summed E-state index contributed by atoms with van der Waals surface area (Å²) in [5, 5.41) is 0.639. The fraction of sp³-hybridized carbons (Fsp3) is 0.364. The number of nitrogens with zero attached hydrogens (tertiary/aromatic N) is 1. The van der Waals surface area contributed by atoms with Crippen molar-refractivity contribution < 1.29 is 19.1 Å². The fourth-order valence-electron chi connectivity index (χ4n) is 3.36. The molecule has 2 N–H and O–H groups in total. The molecule has 1 aliphatic heterocycles. The largest absolute Gasteiger partial charge is 0.493 e. The Kier molecular flexibility index (Phi) is 6.99. The molecule has 154 valence electrons. The Morgan fingerprint density at radius 3 is 2.41 bits per heavy atom. The van der Waals surface area contributed by atoms with E-state index in [1.54, 1.807) is 41.3 Å². The summed E-state index contributed by atoms with van der Waals surface area (Å²) in [6, 6.07) is 12.5. The molecule has 7 heteroatoms. The summed E-state index contributed by atoms with van der Waals surface area (Å²) in [5.41, 5.74) is 6.74. The van der Waals surface area contributed by atoms with Crippen LogP contribution in [-0.2, 0) is 11.4 Å². The highest BCUT2D eigenvalue weighted by atomic mass is 35.5. The van der Waals surface area contributed by atoms with E-state index in [-0.39, 0.29) is 24.3 Å². The second-order valence-electron chi connectivity index (χ2n) is 6.97. The van der Waals surface area contributed by atoms with Gasteiger partial charge in [-0.05, 0) is 62.2 Å². The maximum absolute atomic E-state index is 12.9. The number of carbonyl (C=O) groups is 2. The monoisotopic (exact) mass is 416 g/mol. The normalized spacial score (nSPS) is 14.5. The summed E-state index contributed by atoms with van der Waals surface area (Å²) in [6.07, 6.45) is 1.20. The molecular weight excluding hydrogens is 392 g/mol. The van der Waals surface area contributed by atoms with Crippen LogP contribution in [0.3, 0.4) is 0 Å². The zero-order chi connectivity index (χ0) is 20.8. The van der Waals surface area contributed by atoms with Gasteiger partial charge < -0.3 is 20.1 Å². The van der Waals surface area contributed by atoms with E-state index >= 15 is 0 Å². The van der Waals surface area contributed by atoms with Gasteiger partial charge in [0.15, 0.2) is 0 Å². The molecule has 1 aliphatic rings. The van der Waals surface area contributed by atoms with Crippen LogP contribution in [0.2, 0.25) is 5.02 Å². The van der Waals surface area contributed by atoms with Crippen molar-refractivity contribution in [1.82, 2.24) is 4.90 Å². The minimum atomic E-state index is -0.292. The molecule has 0 aliphatic carbocycles. The maximum Gasteiger partial charge on any atom is 0.253 e. The lowest BCUT2D eigenvalue weighted by Gasteiger charge is -2.30. The number of carbonyl (C=O) groups excluding carboxylic acids is 2. The zero-order valence-electron chi connectivity index (χ0n) is 16.4. The van der Waals surface area contributed by atoms with E-state index in [1.165, 1.54) is 0 Å². The number of rotatable bonds is 7. The second kappa shape index (κ2) is 9.65. The number of benzene rings is 2. The molecule has 3 rings (SSSR count). The number of amides is 2. The first-order chi connectivity index (χ1) is 14.0. The van der Waals surface area contributed by atoms with E-state index in [0.29, 0.717) is 54.6 Å². The molecule has 0 atom stereocenters. The average molecular weight is 417 g/mol. The van der Waals surface area contributed by atoms with Gasteiger partial charge in [-0.3, -0.25) is 9.59 Å². The van der Waals surface area contributed by atoms with E-state index in [0.717, 1.165) is 5.56 Å². The average Bonchev–Trinajstić information content (AvgIpc) is 2.74. The van der Waals surface area contributed by atoms with Crippen molar-refractivity contribution in [3.8, 4) is 11.5 Å². The van der Waals surface area contributed by atoms with E-state index < -0.39 is 0 Å². The van der Waals surface area contributed by atoms with Crippen LogP contribution in [0.5, 0.6) is 11.5 Å². The van der Waals surface area contributed by atoms with Crippen LogP contribution in [0.15, 0.2) is 42.5 Å². The topological polar surface area (TPSA) is 81.9 Å². The number of nitrogens with two attached hydrogens (primary N) is 1. The van der Waals surface area contributed by atoms with Crippen LogP contribution < -0.4 is 15.2 Å².